The molecular formula is C10H12BrFN2O2S2. The summed E-state index contributed by atoms with van der Waals surface area (Å²) in [5, 5.41) is 0. The Kier molecular flexibility index (Phi) is 4.47. The number of thiocarbonyl (C=S) groups is 1. The fraction of sp³-hybridized carbons (Fsp3) is 0.300. The summed E-state index contributed by atoms with van der Waals surface area (Å²) in [4.78, 5) is -0.474. The quantitative estimate of drug-likeness (QED) is 0.810. The van der Waals surface area contributed by atoms with Gasteiger partial charge < -0.3 is 5.73 Å². The van der Waals surface area contributed by atoms with Gasteiger partial charge in [-0.3, -0.25) is 0 Å². The predicted molar refractivity (Wildman–Crippen MR) is 75.3 cm³/mol. The van der Waals surface area contributed by atoms with Crippen LogP contribution in [0.15, 0.2) is 27.6 Å². The minimum Gasteiger partial charge on any atom is -0.392 e. The summed E-state index contributed by atoms with van der Waals surface area (Å²) in [7, 11) is -4.02. The van der Waals surface area contributed by atoms with Gasteiger partial charge in [0.1, 0.15) is 10.7 Å². The fourth-order valence-electron chi connectivity index (χ4n) is 1.13. The van der Waals surface area contributed by atoms with Gasteiger partial charge in [0.2, 0.25) is 10.0 Å². The zero-order valence-electron chi connectivity index (χ0n) is 9.70. The molecule has 0 unspecified atom stereocenters. The molecule has 0 heterocycles. The molecule has 3 N–H and O–H groups in total. The molecule has 0 aliphatic carbocycles. The van der Waals surface area contributed by atoms with Crippen molar-refractivity contribution in [1.29, 1.82) is 0 Å². The first kappa shape index (κ1) is 15.5. The van der Waals surface area contributed by atoms with Crippen molar-refractivity contribution in [3.05, 3.63) is 28.5 Å². The molecule has 0 aliphatic rings. The van der Waals surface area contributed by atoms with Crippen LogP contribution >= 0.6 is 28.1 Å². The van der Waals surface area contributed by atoms with Gasteiger partial charge >= 0.3 is 0 Å². The van der Waals surface area contributed by atoms with Crippen molar-refractivity contribution in [1.82, 2.24) is 4.72 Å². The van der Waals surface area contributed by atoms with Crippen molar-refractivity contribution < 1.29 is 12.8 Å². The second-order valence-electron chi connectivity index (χ2n) is 4.17. The highest BCUT2D eigenvalue weighted by atomic mass is 79.9. The first-order valence-electron chi connectivity index (χ1n) is 4.85. The summed E-state index contributed by atoms with van der Waals surface area (Å²) in [5.74, 6) is -0.851. The molecule has 0 spiro atoms. The Bertz CT molecular complexity index is 588. The van der Waals surface area contributed by atoms with Crippen LogP contribution in [0.3, 0.4) is 0 Å². The topological polar surface area (TPSA) is 72.2 Å². The van der Waals surface area contributed by atoms with Gasteiger partial charge in [-0.15, -0.1) is 0 Å². The Morgan fingerprint density at radius 1 is 1.50 bits per heavy atom. The molecule has 1 rings (SSSR count). The molecule has 0 fully saturated rings. The number of hydrogen-bond acceptors (Lipinski definition) is 3. The minimum absolute atomic E-state index is 0.0244. The van der Waals surface area contributed by atoms with E-state index in [1.165, 1.54) is 19.9 Å². The zero-order chi connectivity index (χ0) is 14.1. The molecule has 8 heteroatoms. The highest BCUT2D eigenvalue weighted by Gasteiger charge is 2.30. The minimum atomic E-state index is -4.02. The van der Waals surface area contributed by atoms with E-state index in [2.05, 4.69) is 20.7 Å². The van der Waals surface area contributed by atoms with E-state index < -0.39 is 26.3 Å². The molecule has 0 bridgehead atoms. The molecular weight excluding hydrogens is 343 g/mol. The second-order valence-corrected chi connectivity index (χ2v) is 7.18. The fourth-order valence-corrected chi connectivity index (χ4v) is 3.04. The number of rotatable bonds is 4. The van der Waals surface area contributed by atoms with Crippen LogP contribution in [0.4, 0.5) is 4.39 Å². The third kappa shape index (κ3) is 3.47. The van der Waals surface area contributed by atoms with Gasteiger partial charge in [0, 0.05) is 4.47 Å². The van der Waals surface area contributed by atoms with Gasteiger partial charge in [-0.2, -0.15) is 4.72 Å². The van der Waals surface area contributed by atoms with Crippen LogP contribution in [0, 0.1) is 5.82 Å². The maximum Gasteiger partial charge on any atom is 0.244 e. The first-order valence-corrected chi connectivity index (χ1v) is 7.53. The van der Waals surface area contributed by atoms with Crippen LogP contribution in [0.2, 0.25) is 0 Å². The van der Waals surface area contributed by atoms with Crippen molar-refractivity contribution in [2.24, 2.45) is 5.73 Å². The van der Waals surface area contributed by atoms with Crippen LogP contribution < -0.4 is 10.5 Å². The smallest absolute Gasteiger partial charge is 0.244 e. The lowest BCUT2D eigenvalue weighted by atomic mass is 10.1. The van der Waals surface area contributed by atoms with Gasteiger partial charge in [-0.1, -0.05) is 28.1 Å². The summed E-state index contributed by atoms with van der Waals surface area (Å²) < 4.78 is 40.3. The van der Waals surface area contributed by atoms with Crippen LogP contribution in [0.1, 0.15) is 13.8 Å². The maximum atomic E-state index is 13.6. The van der Waals surface area contributed by atoms with E-state index in [0.29, 0.717) is 4.47 Å². The Balaban J connectivity index is 3.19. The van der Waals surface area contributed by atoms with Crippen LogP contribution in [0.25, 0.3) is 0 Å². The normalized spacial score (nSPS) is 12.4. The van der Waals surface area contributed by atoms with Crippen molar-refractivity contribution in [2.75, 3.05) is 0 Å². The van der Waals surface area contributed by atoms with Crippen LogP contribution in [-0.4, -0.2) is 18.9 Å². The summed E-state index contributed by atoms with van der Waals surface area (Å²) in [6, 6.07) is 3.67. The van der Waals surface area contributed by atoms with Gasteiger partial charge in [0.15, 0.2) is 0 Å². The first-order chi connectivity index (χ1) is 8.06. The average molecular weight is 355 g/mol. The SMILES string of the molecule is CC(C)(NS(=O)(=O)c1ccc(Br)cc1F)C(N)=S. The molecule has 4 nitrogen and oxygen atoms in total. The Morgan fingerprint density at radius 2 is 2.06 bits per heavy atom. The largest absolute Gasteiger partial charge is 0.392 e. The van der Waals surface area contributed by atoms with Gasteiger partial charge in [0.25, 0.3) is 0 Å². The molecule has 1 aromatic rings. The third-order valence-electron chi connectivity index (χ3n) is 2.19. The summed E-state index contributed by atoms with van der Waals surface area (Å²) in [5.41, 5.74) is 4.29. The number of nitrogens with one attached hydrogen (secondary N) is 1. The van der Waals surface area contributed by atoms with E-state index >= 15 is 0 Å². The van der Waals surface area contributed by atoms with E-state index in [1.807, 2.05) is 0 Å². The van der Waals surface area contributed by atoms with Crippen molar-refractivity contribution in [2.45, 2.75) is 24.3 Å². The lowest BCUT2D eigenvalue weighted by Crippen LogP contribution is -2.52. The summed E-state index contributed by atoms with van der Waals surface area (Å²) >= 11 is 7.80. The van der Waals surface area contributed by atoms with Gasteiger partial charge in [-0.05, 0) is 32.0 Å². The number of nitrogens with two attached hydrogens (primary N) is 1. The second kappa shape index (κ2) is 5.20. The molecule has 0 amide bonds. The van der Waals surface area contributed by atoms with E-state index in [-0.39, 0.29) is 4.99 Å². The Labute approximate surface area is 119 Å². The lowest BCUT2D eigenvalue weighted by molar-refractivity contribution is 0.532. The van der Waals surface area contributed by atoms with E-state index in [1.54, 1.807) is 0 Å². The molecule has 100 valence electrons. The zero-order valence-corrected chi connectivity index (χ0v) is 12.9. The molecule has 0 radical (unpaired) electrons. The summed E-state index contributed by atoms with van der Waals surface area (Å²) in [6.45, 7) is 3.01. The molecule has 0 aromatic heterocycles. The van der Waals surface area contributed by atoms with E-state index in [0.717, 1.165) is 12.1 Å². The monoisotopic (exact) mass is 354 g/mol. The van der Waals surface area contributed by atoms with Gasteiger partial charge in [0.05, 0.1) is 10.5 Å². The molecule has 0 aliphatic heterocycles. The van der Waals surface area contributed by atoms with E-state index in [9.17, 15) is 12.8 Å². The lowest BCUT2D eigenvalue weighted by Gasteiger charge is -2.24. The molecule has 0 saturated heterocycles. The Morgan fingerprint density at radius 3 is 2.50 bits per heavy atom. The highest BCUT2D eigenvalue weighted by Crippen LogP contribution is 2.20. The average Bonchev–Trinajstić information content (AvgIpc) is 2.14. The van der Waals surface area contributed by atoms with Gasteiger partial charge in [-0.25, -0.2) is 12.8 Å². The number of halogens is 2. The number of benzene rings is 1. The summed E-state index contributed by atoms with van der Waals surface area (Å²) in [6.07, 6.45) is 0. The number of sulfonamides is 1. The Hall–Kier alpha value is -0.570. The van der Waals surface area contributed by atoms with Crippen molar-refractivity contribution >= 4 is 43.2 Å². The van der Waals surface area contributed by atoms with Crippen molar-refractivity contribution in [3.8, 4) is 0 Å². The van der Waals surface area contributed by atoms with Crippen LogP contribution in [0.5, 0.6) is 0 Å². The molecule has 1 aromatic carbocycles. The molecule has 18 heavy (non-hydrogen) atoms. The van der Waals surface area contributed by atoms with E-state index in [4.69, 9.17) is 18.0 Å². The standard InChI is InChI=1S/C10H12BrFN2O2S2/c1-10(2,9(13)17)14-18(15,16)8-4-3-6(11)5-7(8)12/h3-5,14H,1-2H3,(H2,13,17). The molecule has 0 atom stereocenters. The number of hydrogen-bond donors (Lipinski definition) is 2. The highest BCUT2D eigenvalue weighted by molar-refractivity contribution is 9.10. The van der Waals surface area contributed by atoms with Crippen molar-refractivity contribution in [3.63, 3.8) is 0 Å². The predicted octanol–water partition coefficient (Wildman–Crippen LogP) is 1.93. The third-order valence-corrected chi connectivity index (χ3v) is 4.88. The van der Waals surface area contributed by atoms with Crippen LogP contribution in [-0.2, 0) is 10.0 Å². The molecule has 0 saturated carbocycles. The maximum absolute atomic E-state index is 13.6.